The Labute approximate surface area is 138 Å². The lowest BCUT2D eigenvalue weighted by Crippen LogP contribution is -2.11. The van der Waals surface area contributed by atoms with Crippen LogP contribution < -0.4 is 0 Å². The summed E-state index contributed by atoms with van der Waals surface area (Å²) in [5, 5.41) is -0.106. The van der Waals surface area contributed by atoms with E-state index < -0.39 is 9.84 Å². The van der Waals surface area contributed by atoms with Crippen molar-refractivity contribution in [3.63, 3.8) is 0 Å². The molecule has 0 atom stereocenters. The van der Waals surface area contributed by atoms with Crippen molar-refractivity contribution >= 4 is 9.84 Å². The Balaban J connectivity index is 2.40. The van der Waals surface area contributed by atoms with Crippen molar-refractivity contribution in [1.82, 2.24) is 9.97 Å². The SMILES string of the molecule is Cc1cnc(S(=O)(=O)Cc2ccc(C(C)C)cc2C(C)C)nc1. The first-order valence-electron chi connectivity index (χ1n) is 7.85. The van der Waals surface area contributed by atoms with Crippen LogP contribution in [0, 0.1) is 6.92 Å². The van der Waals surface area contributed by atoms with Gasteiger partial charge < -0.3 is 0 Å². The number of benzene rings is 1. The Morgan fingerprint density at radius 1 is 1.00 bits per heavy atom. The van der Waals surface area contributed by atoms with Gasteiger partial charge in [0.15, 0.2) is 0 Å². The van der Waals surface area contributed by atoms with Crippen molar-refractivity contribution in [3.05, 3.63) is 52.8 Å². The van der Waals surface area contributed by atoms with Crippen LogP contribution in [0.15, 0.2) is 35.7 Å². The molecule has 2 aromatic rings. The van der Waals surface area contributed by atoms with Gasteiger partial charge >= 0.3 is 0 Å². The molecule has 0 fully saturated rings. The van der Waals surface area contributed by atoms with Crippen LogP contribution in [0.25, 0.3) is 0 Å². The molecule has 0 aliphatic carbocycles. The highest BCUT2D eigenvalue weighted by Crippen LogP contribution is 2.27. The van der Waals surface area contributed by atoms with E-state index in [1.165, 1.54) is 18.0 Å². The van der Waals surface area contributed by atoms with Gasteiger partial charge in [-0.15, -0.1) is 0 Å². The van der Waals surface area contributed by atoms with Gasteiger partial charge in [-0.1, -0.05) is 45.9 Å². The minimum atomic E-state index is -3.54. The van der Waals surface area contributed by atoms with Crippen LogP contribution in [0.5, 0.6) is 0 Å². The standard InChI is InChI=1S/C18H24N2O2S/c1-12(2)15-6-7-16(17(8-15)13(3)4)11-23(21,22)18-19-9-14(5)10-20-18/h6-10,12-13H,11H2,1-5H3. The fraction of sp³-hybridized carbons (Fsp3) is 0.444. The van der Waals surface area contributed by atoms with Crippen molar-refractivity contribution in [2.45, 2.75) is 57.4 Å². The van der Waals surface area contributed by atoms with Gasteiger partial charge in [0.2, 0.25) is 15.0 Å². The monoisotopic (exact) mass is 332 g/mol. The Morgan fingerprint density at radius 3 is 2.13 bits per heavy atom. The van der Waals surface area contributed by atoms with E-state index in [1.807, 2.05) is 19.1 Å². The molecule has 0 saturated carbocycles. The number of hydrogen-bond donors (Lipinski definition) is 0. The maximum absolute atomic E-state index is 12.6. The van der Waals surface area contributed by atoms with Gasteiger partial charge in [0, 0.05) is 12.4 Å². The smallest absolute Gasteiger partial charge is 0.227 e. The second-order valence-electron chi connectivity index (χ2n) is 6.57. The maximum Gasteiger partial charge on any atom is 0.247 e. The van der Waals surface area contributed by atoms with E-state index in [0.717, 1.165) is 16.7 Å². The van der Waals surface area contributed by atoms with Gasteiger partial charge in [-0.2, -0.15) is 0 Å². The van der Waals surface area contributed by atoms with Gasteiger partial charge in [0.05, 0.1) is 5.75 Å². The maximum atomic E-state index is 12.6. The highest BCUT2D eigenvalue weighted by molar-refractivity contribution is 7.90. The second-order valence-corrected chi connectivity index (χ2v) is 8.45. The van der Waals surface area contributed by atoms with E-state index in [0.29, 0.717) is 5.92 Å². The molecule has 1 aromatic heterocycles. The third kappa shape index (κ3) is 4.16. The summed E-state index contributed by atoms with van der Waals surface area (Å²) in [6.07, 6.45) is 3.07. The van der Waals surface area contributed by atoms with Crippen molar-refractivity contribution in [3.8, 4) is 0 Å². The topological polar surface area (TPSA) is 59.9 Å². The van der Waals surface area contributed by atoms with Crippen LogP contribution in [0.4, 0.5) is 0 Å². The van der Waals surface area contributed by atoms with Crippen molar-refractivity contribution < 1.29 is 8.42 Å². The molecule has 124 valence electrons. The molecule has 0 aliphatic rings. The van der Waals surface area contributed by atoms with Crippen LogP contribution in [-0.4, -0.2) is 18.4 Å². The van der Waals surface area contributed by atoms with E-state index in [-0.39, 0.29) is 16.8 Å². The molecule has 0 unspecified atom stereocenters. The van der Waals surface area contributed by atoms with Crippen LogP contribution in [-0.2, 0) is 15.6 Å². The Bertz CT molecular complexity index is 779. The largest absolute Gasteiger partial charge is 0.247 e. The molecule has 0 saturated heterocycles. The highest BCUT2D eigenvalue weighted by Gasteiger charge is 2.21. The summed E-state index contributed by atoms with van der Waals surface area (Å²) in [5.41, 5.74) is 3.97. The number of aromatic nitrogens is 2. The van der Waals surface area contributed by atoms with E-state index in [1.54, 1.807) is 0 Å². The van der Waals surface area contributed by atoms with Crippen LogP contribution in [0.3, 0.4) is 0 Å². The third-order valence-electron chi connectivity index (χ3n) is 3.84. The minimum absolute atomic E-state index is 0.0675. The molecule has 1 heterocycles. The van der Waals surface area contributed by atoms with Crippen LogP contribution >= 0.6 is 0 Å². The summed E-state index contributed by atoms with van der Waals surface area (Å²) in [5.74, 6) is 0.610. The molecular formula is C18H24N2O2S. The Kier molecular flexibility index (Phi) is 5.19. The number of sulfone groups is 1. The summed E-state index contributed by atoms with van der Waals surface area (Å²) in [6, 6.07) is 6.06. The van der Waals surface area contributed by atoms with E-state index in [4.69, 9.17) is 0 Å². The lowest BCUT2D eigenvalue weighted by Gasteiger charge is -2.16. The van der Waals surface area contributed by atoms with E-state index in [9.17, 15) is 8.42 Å². The lowest BCUT2D eigenvalue weighted by atomic mass is 9.92. The zero-order chi connectivity index (χ0) is 17.2. The summed E-state index contributed by atoms with van der Waals surface area (Å²) < 4.78 is 25.2. The molecule has 1 aromatic carbocycles. The number of hydrogen-bond acceptors (Lipinski definition) is 4. The van der Waals surface area contributed by atoms with Crippen LogP contribution in [0.1, 0.15) is 61.8 Å². The fourth-order valence-corrected chi connectivity index (χ4v) is 3.68. The average molecular weight is 332 g/mol. The summed E-state index contributed by atoms with van der Waals surface area (Å²) >= 11 is 0. The van der Waals surface area contributed by atoms with Gasteiger partial charge in [-0.3, -0.25) is 0 Å². The quantitative estimate of drug-likeness (QED) is 0.776. The minimum Gasteiger partial charge on any atom is -0.227 e. The highest BCUT2D eigenvalue weighted by atomic mass is 32.2. The predicted molar refractivity (Wildman–Crippen MR) is 92.3 cm³/mol. The van der Waals surface area contributed by atoms with Crippen LogP contribution in [0.2, 0.25) is 0 Å². The van der Waals surface area contributed by atoms with Crippen molar-refractivity contribution in [2.75, 3.05) is 0 Å². The fourth-order valence-electron chi connectivity index (χ4n) is 2.45. The van der Waals surface area contributed by atoms with Crippen molar-refractivity contribution in [2.24, 2.45) is 0 Å². The van der Waals surface area contributed by atoms with E-state index >= 15 is 0 Å². The molecule has 0 N–H and O–H groups in total. The zero-order valence-electron chi connectivity index (χ0n) is 14.4. The van der Waals surface area contributed by atoms with Crippen molar-refractivity contribution in [1.29, 1.82) is 0 Å². The lowest BCUT2D eigenvalue weighted by molar-refractivity contribution is 0.585. The molecule has 0 aliphatic heterocycles. The molecule has 0 amide bonds. The summed E-state index contributed by atoms with van der Waals surface area (Å²) in [6.45, 7) is 10.3. The molecule has 4 nitrogen and oxygen atoms in total. The Hall–Kier alpha value is -1.75. The second kappa shape index (κ2) is 6.79. The molecular weight excluding hydrogens is 308 g/mol. The Morgan fingerprint density at radius 2 is 1.61 bits per heavy atom. The molecule has 5 heteroatoms. The summed E-state index contributed by atoms with van der Waals surface area (Å²) in [7, 11) is -3.54. The molecule has 0 spiro atoms. The van der Waals surface area contributed by atoms with Gasteiger partial charge in [-0.05, 0) is 41.0 Å². The average Bonchev–Trinajstić information content (AvgIpc) is 2.47. The first kappa shape index (κ1) is 17.6. The molecule has 2 rings (SSSR count). The molecule has 0 bridgehead atoms. The number of aryl methyl sites for hydroxylation is 1. The van der Waals surface area contributed by atoms with E-state index in [2.05, 4.69) is 43.7 Å². The molecule has 0 radical (unpaired) electrons. The zero-order valence-corrected chi connectivity index (χ0v) is 15.2. The number of nitrogens with zero attached hydrogens (tertiary/aromatic N) is 2. The third-order valence-corrected chi connectivity index (χ3v) is 5.30. The first-order chi connectivity index (χ1) is 10.7. The number of rotatable bonds is 5. The normalized spacial score (nSPS) is 12.1. The van der Waals surface area contributed by atoms with Gasteiger partial charge in [0.25, 0.3) is 0 Å². The van der Waals surface area contributed by atoms with Gasteiger partial charge in [0.1, 0.15) is 0 Å². The predicted octanol–water partition coefficient (Wildman–Crippen LogP) is 4.01. The summed E-state index contributed by atoms with van der Waals surface area (Å²) in [4.78, 5) is 7.93. The van der Waals surface area contributed by atoms with Gasteiger partial charge in [-0.25, -0.2) is 18.4 Å². The molecule has 23 heavy (non-hydrogen) atoms. The first-order valence-corrected chi connectivity index (χ1v) is 9.50.